The van der Waals surface area contributed by atoms with Gasteiger partial charge in [-0.2, -0.15) is 0 Å². The second-order valence-electron chi connectivity index (χ2n) is 6.51. The second-order valence-corrected chi connectivity index (χ2v) is 6.51. The fourth-order valence-electron chi connectivity index (χ4n) is 3.04. The molecule has 0 unspecified atom stereocenters. The molecule has 1 aliphatic heterocycles. The Morgan fingerprint density at radius 3 is 2.27 bits per heavy atom. The third kappa shape index (κ3) is 4.69. The van der Waals surface area contributed by atoms with Gasteiger partial charge in [0.1, 0.15) is 11.5 Å². The average molecular weight is 354 g/mol. The molecule has 0 aliphatic carbocycles. The molecule has 1 heterocycles. The molecule has 2 aromatic rings. The molecule has 1 atom stereocenters. The molecule has 0 saturated carbocycles. The van der Waals surface area contributed by atoms with Crippen LogP contribution in [0, 0.1) is 0 Å². The summed E-state index contributed by atoms with van der Waals surface area (Å²) in [5.41, 5.74) is 2.34. The lowest BCUT2D eigenvalue weighted by atomic mass is 10.2. The van der Waals surface area contributed by atoms with Gasteiger partial charge in [-0.15, -0.1) is 0 Å². The Hall–Kier alpha value is -2.69. The quantitative estimate of drug-likeness (QED) is 0.828. The van der Waals surface area contributed by atoms with Gasteiger partial charge in [-0.25, -0.2) is 0 Å². The Kier molecular flexibility index (Phi) is 6.00. The molecule has 1 N–H and O–H groups in total. The van der Waals surface area contributed by atoms with Crippen LogP contribution in [0.15, 0.2) is 48.5 Å². The van der Waals surface area contributed by atoms with E-state index in [2.05, 4.69) is 34.5 Å². The van der Waals surface area contributed by atoms with E-state index < -0.39 is 6.10 Å². The topological polar surface area (TPSA) is 50.8 Å². The van der Waals surface area contributed by atoms with Crippen molar-refractivity contribution in [3.8, 4) is 11.5 Å². The molecule has 5 heteroatoms. The normalized spacial score (nSPS) is 14.8. The summed E-state index contributed by atoms with van der Waals surface area (Å²) in [5.74, 6) is 1.26. The van der Waals surface area contributed by atoms with Gasteiger partial charge in [-0.05, 0) is 61.7 Å². The SMILES string of the molecule is COc1ccc(O[C@@H](C)C(=O)NCc2ccc(N3CCCC3)cc2)cc1. The van der Waals surface area contributed by atoms with Crippen molar-refractivity contribution in [2.75, 3.05) is 25.1 Å². The molecule has 138 valence electrons. The van der Waals surface area contributed by atoms with Gasteiger partial charge in [0.25, 0.3) is 5.91 Å². The molecule has 0 radical (unpaired) electrons. The van der Waals surface area contributed by atoms with Crippen LogP contribution in [0.4, 0.5) is 5.69 Å². The Balaban J connectivity index is 1.47. The van der Waals surface area contributed by atoms with Gasteiger partial charge in [0.15, 0.2) is 6.10 Å². The van der Waals surface area contributed by atoms with E-state index in [-0.39, 0.29) is 5.91 Å². The molecule has 1 amide bonds. The van der Waals surface area contributed by atoms with E-state index in [0.717, 1.165) is 24.4 Å². The van der Waals surface area contributed by atoms with Gasteiger partial charge >= 0.3 is 0 Å². The highest BCUT2D eigenvalue weighted by Crippen LogP contribution is 2.21. The Labute approximate surface area is 154 Å². The number of anilines is 1. The predicted molar refractivity (Wildman–Crippen MR) is 103 cm³/mol. The average Bonchev–Trinajstić information content (AvgIpc) is 3.22. The largest absolute Gasteiger partial charge is 0.497 e. The zero-order valence-electron chi connectivity index (χ0n) is 15.4. The highest BCUT2D eigenvalue weighted by Gasteiger charge is 2.15. The molecule has 5 nitrogen and oxygen atoms in total. The van der Waals surface area contributed by atoms with E-state index >= 15 is 0 Å². The zero-order chi connectivity index (χ0) is 18.4. The number of nitrogens with one attached hydrogen (secondary N) is 1. The lowest BCUT2D eigenvalue weighted by molar-refractivity contribution is -0.127. The number of rotatable bonds is 7. The van der Waals surface area contributed by atoms with Gasteiger partial charge < -0.3 is 19.7 Å². The van der Waals surface area contributed by atoms with E-state index in [9.17, 15) is 4.79 Å². The van der Waals surface area contributed by atoms with Crippen LogP contribution < -0.4 is 19.7 Å². The van der Waals surface area contributed by atoms with Crippen molar-refractivity contribution in [2.24, 2.45) is 0 Å². The summed E-state index contributed by atoms with van der Waals surface area (Å²) >= 11 is 0. The maximum Gasteiger partial charge on any atom is 0.261 e. The van der Waals surface area contributed by atoms with Crippen molar-refractivity contribution >= 4 is 11.6 Å². The number of hydrogen-bond acceptors (Lipinski definition) is 4. The summed E-state index contributed by atoms with van der Waals surface area (Å²) in [6.07, 6.45) is 1.97. The third-order valence-electron chi connectivity index (χ3n) is 4.62. The van der Waals surface area contributed by atoms with E-state index in [1.165, 1.54) is 18.5 Å². The number of carbonyl (C=O) groups excluding carboxylic acids is 1. The highest BCUT2D eigenvalue weighted by molar-refractivity contribution is 5.80. The molecule has 1 aliphatic rings. The maximum atomic E-state index is 12.3. The van der Waals surface area contributed by atoms with Crippen molar-refractivity contribution < 1.29 is 14.3 Å². The minimum Gasteiger partial charge on any atom is -0.497 e. The van der Waals surface area contributed by atoms with Gasteiger partial charge in [-0.3, -0.25) is 4.79 Å². The number of methoxy groups -OCH3 is 1. The van der Waals surface area contributed by atoms with Crippen LogP contribution in [0.25, 0.3) is 0 Å². The van der Waals surface area contributed by atoms with Crippen LogP contribution in [-0.2, 0) is 11.3 Å². The van der Waals surface area contributed by atoms with Crippen LogP contribution in [0.3, 0.4) is 0 Å². The summed E-state index contributed by atoms with van der Waals surface area (Å²) in [6, 6.07) is 15.6. The van der Waals surface area contributed by atoms with Crippen LogP contribution in [0.5, 0.6) is 11.5 Å². The van der Waals surface area contributed by atoms with Crippen LogP contribution in [0.2, 0.25) is 0 Å². The minimum atomic E-state index is -0.563. The van der Waals surface area contributed by atoms with Crippen LogP contribution >= 0.6 is 0 Å². The van der Waals surface area contributed by atoms with Crippen molar-refractivity contribution in [1.29, 1.82) is 0 Å². The van der Waals surface area contributed by atoms with E-state index in [1.54, 1.807) is 26.2 Å². The first-order valence-electron chi connectivity index (χ1n) is 9.08. The predicted octanol–water partition coefficient (Wildman–Crippen LogP) is 3.38. The van der Waals surface area contributed by atoms with Crippen LogP contribution in [-0.4, -0.2) is 32.2 Å². The third-order valence-corrected chi connectivity index (χ3v) is 4.62. The first kappa shape index (κ1) is 18.1. The molecule has 1 saturated heterocycles. The Morgan fingerprint density at radius 2 is 1.65 bits per heavy atom. The number of nitrogens with zero attached hydrogens (tertiary/aromatic N) is 1. The van der Waals surface area contributed by atoms with E-state index in [4.69, 9.17) is 9.47 Å². The number of amides is 1. The van der Waals surface area contributed by atoms with Gasteiger partial charge in [0.2, 0.25) is 0 Å². The van der Waals surface area contributed by atoms with Crippen molar-refractivity contribution in [3.05, 3.63) is 54.1 Å². The first-order valence-corrected chi connectivity index (χ1v) is 9.08. The first-order chi connectivity index (χ1) is 12.7. The van der Waals surface area contributed by atoms with Crippen molar-refractivity contribution in [1.82, 2.24) is 5.32 Å². The number of carbonyl (C=O) groups is 1. The molecule has 2 aromatic carbocycles. The lowest BCUT2D eigenvalue weighted by Gasteiger charge is -2.18. The Morgan fingerprint density at radius 1 is 1.04 bits per heavy atom. The van der Waals surface area contributed by atoms with E-state index in [0.29, 0.717) is 12.3 Å². The summed E-state index contributed by atoms with van der Waals surface area (Å²) in [4.78, 5) is 14.6. The van der Waals surface area contributed by atoms with Crippen LogP contribution in [0.1, 0.15) is 25.3 Å². The fourth-order valence-corrected chi connectivity index (χ4v) is 3.04. The van der Waals surface area contributed by atoms with Gasteiger partial charge in [-0.1, -0.05) is 12.1 Å². The number of benzene rings is 2. The summed E-state index contributed by atoms with van der Waals surface area (Å²) in [5, 5.41) is 2.93. The van der Waals surface area contributed by atoms with Crippen molar-refractivity contribution in [3.63, 3.8) is 0 Å². The highest BCUT2D eigenvalue weighted by atomic mass is 16.5. The Bertz CT molecular complexity index is 707. The van der Waals surface area contributed by atoms with E-state index in [1.807, 2.05) is 12.1 Å². The molecule has 26 heavy (non-hydrogen) atoms. The summed E-state index contributed by atoms with van der Waals surface area (Å²) in [6.45, 7) is 4.51. The fraction of sp³-hybridized carbons (Fsp3) is 0.381. The number of ether oxygens (including phenoxy) is 2. The standard InChI is InChI=1S/C21H26N2O3/c1-16(26-20-11-9-19(25-2)10-12-20)21(24)22-15-17-5-7-18(8-6-17)23-13-3-4-14-23/h5-12,16H,3-4,13-15H2,1-2H3,(H,22,24)/t16-/m0/s1. The molecular weight excluding hydrogens is 328 g/mol. The molecule has 0 bridgehead atoms. The second kappa shape index (κ2) is 8.61. The molecular formula is C21H26N2O3. The van der Waals surface area contributed by atoms with Gasteiger partial charge in [0.05, 0.1) is 7.11 Å². The maximum absolute atomic E-state index is 12.3. The monoisotopic (exact) mass is 354 g/mol. The zero-order valence-corrected chi connectivity index (χ0v) is 15.4. The summed E-state index contributed by atoms with van der Waals surface area (Å²) in [7, 11) is 1.61. The molecule has 1 fully saturated rings. The molecule has 0 aromatic heterocycles. The lowest BCUT2D eigenvalue weighted by Crippen LogP contribution is -2.35. The molecule has 3 rings (SSSR count). The summed E-state index contributed by atoms with van der Waals surface area (Å²) < 4.78 is 10.8. The number of hydrogen-bond donors (Lipinski definition) is 1. The molecule has 0 spiro atoms. The van der Waals surface area contributed by atoms with Gasteiger partial charge in [0, 0.05) is 25.3 Å². The minimum absolute atomic E-state index is 0.135. The smallest absolute Gasteiger partial charge is 0.261 e. The van der Waals surface area contributed by atoms with Crippen molar-refractivity contribution in [2.45, 2.75) is 32.4 Å².